The van der Waals surface area contributed by atoms with E-state index in [2.05, 4.69) is 15.4 Å². The summed E-state index contributed by atoms with van der Waals surface area (Å²) in [4.78, 5) is 36.0. The number of amides is 2. The summed E-state index contributed by atoms with van der Waals surface area (Å²) in [6, 6.07) is 11.6. The molecule has 3 aromatic rings. The molecule has 2 amide bonds. The van der Waals surface area contributed by atoms with Gasteiger partial charge >= 0.3 is 5.63 Å². The van der Waals surface area contributed by atoms with Crippen molar-refractivity contribution in [2.24, 2.45) is 0 Å². The largest absolute Gasteiger partial charge is 0.423 e. The third kappa shape index (κ3) is 7.24. The topological polar surface area (TPSA) is 135 Å². The van der Waals surface area contributed by atoms with E-state index >= 15 is 0 Å². The highest BCUT2D eigenvalue weighted by Gasteiger charge is 2.26. The lowest BCUT2D eigenvalue weighted by molar-refractivity contribution is -0.119. The Bertz CT molecular complexity index is 1380. The van der Waals surface area contributed by atoms with E-state index in [0.29, 0.717) is 30.7 Å². The third-order valence-electron chi connectivity index (χ3n) is 5.46. The Morgan fingerprint density at radius 2 is 1.71 bits per heavy atom. The van der Waals surface area contributed by atoms with Gasteiger partial charge in [0.1, 0.15) is 11.6 Å². The first kappa shape index (κ1) is 26.1. The number of anilines is 1. The molecule has 0 aliphatic rings. The number of fused-ring (bicyclic) bond motifs is 1. The molecule has 0 aliphatic carbocycles. The average molecular weight is 500 g/mol. The predicted octanol–water partition coefficient (Wildman–Crippen LogP) is 3.00. The summed E-state index contributed by atoms with van der Waals surface area (Å²) in [5, 5.41) is 6.13. The molecule has 0 bridgehead atoms. The van der Waals surface area contributed by atoms with Gasteiger partial charge in [-0.2, -0.15) is 4.72 Å². The van der Waals surface area contributed by atoms with Crippen molar-refractivity contribution in [2.45, 2.75) is 51.0 Å². The number of sulfonamides is 1. The summed E-state index contributed by atoms with van der Waals surface area (Å²) < 4.78 is 33.6. The number of unbranched alkanes of at least 4 members (excludes halogenated alkanes) is 1. The minimum Gasteiger partial charge on any atom is -0.423 e. The number of rotatable bonds is 10. The van der Waals surface area contributed by atoms with Crippen molar-refractivity contribution in [2.75, 3.05) is 11.9 Å². The van der Waals surface area contributed by atoms with Gasteiger partial charge in [-0.1, -0.05) is 17.7 Å². The summed E-state index contributed by atoms with van der Waals surface area (Å²) in [6.45, 7) is 5.48. The second kappa shape index (κ2) is 11.3. The van der Waals surface area contributed by atoms with Crippen molar-refractivity contribution in [3.05, 3.63) is 70.1 Å². The van der Waals surface area contributed by atoms with Crippen LogP contribution in [0.5, 0.6) is 0 Å². The van der Waals surface area contributed by atoms with Crippen LogP contribution < -0.4 is 21.0 Å². The summed E-state index contributed by atoms with van der Waals surface area (Å²) in [5.74, 6) is -0.702. The smallest absolute Gasteiger partial charge is 0.336 e. The van der Waals surface area contributed by atoms with Gasteiger partial charge in [-0.05, 0) is 62.9 Å². The molecule has 35 heavy (non-hydrogen) atoms. The molecule has 0 unspecified atom stereocenters. The molecule has 0 fully saturated rings. The fraction of sp³-hybridized carbons (Fsp3) is 0.320. The zero-order chi connectivity index (χ0) is 25.6. The van der Waals surface area contributed by atoms with E-state index in [-0.39, 0.29) is 17.2 Å². The molecule has 0 aliphatic heterocycles. The fourth-order valence-electron chi connectivity index (χ4n) is 3.59. The van der Waals surface area contributed by atoms with E-state index in [0.717, 1.165) is 16.5 Å². The molecule has 10 heteroatoms. The Labute approximate surface area is 204 Å². The predicted molar refractivity (Wildman–Crippen MR) is 134 cm³/mol. The summed E-state index contributed by atoms with van der Waals surface area (Å²) >= 11 is 0. The van der Waals surface area contributed by atoms with Gasteiger partial charge in [0.25, 0.3) is 0 Å². The molecule has 3 rings (SSSR count). The van der Waals surface area contributed by atoms with Gasteiger partial charge in [0.05, 0.1) is 4.90 Å². The SMILES string of the molecule is CC(=O)NCCCC[C@H](NS(=O)(=O)c1ccc(C)cc1)C(=O)Nc1ccc2c(C)cc(=O)oc2c1. The van der Waals surface area contributed by atoms with E-state index in [1.807, 2.05) is 6.92 Å². The quantitative estimate of drug-likeness (QED) is 0.290. The van der Waals surface area contributed by atoms with Crippen LogP contribution in [-0.2, 0) is 19.6 Å². The molecule has 3 N–H and O–H groups in total. The van der Waals surface area contributed by atoms with Gasteiger partial charge in [-0.25, -0.2) is 13.2 Å². The van der Waals surface area contributed by atoms with Crippen molar-refractivity contribution in [3.63, 3.8) is 0 Å². The molecular formula is C25H29N3O6S. The van der Waals surface area contributed by atoms with Crippen LogP contribution in [0, 0.1) is 13.8 Å². The van der Waals surface area contributed by atoms with E-state index in [1.54, 1.807) is 31.2 Å². The van der Waals surface area contributed by atoms with Crippen LogP contribution in [0.2, 0.25) is 0 Å². The zero-order valence-electron chi connectivity index (χ0n) is 19.9. The van der Waals surface area contributed by atoms with Crippen LogP contribution in [0.1, 0.15) is 37.3 Å². The maximum Gasteiger partial charge on any atom is 0.336 e. The number of carbonyl (C=O) groups is 2. The standard InChI is InChI=1S/C25H29N3O6S/c1-16-7-10-20(11-8-16)35(32,33)28-22(6-4-5-13-26-18(3)29)25(31)27-19-9-12-21-17(2)14-24(30)34-23(21)15-19/h7-12,14-15,22,28H,4-6,13H2,1-3H3,(H,26,29)(H,27,31)/t22-/m0/s1. The van der Waals surface area contributed by atoms with Crippen LogP contribution in [0.4, 0.5) is 5.69 Å². The van der Waals surface area contributed by atoms with Crippen LogP contribution in [0.3, 0.4) is 0 Å². The van der Waals surface area contributed by atoms with Crippen LogP contribution >= 0.6 is 0 Å². The normalized spacial score (nSPS) is 12.3. The highest BCUT2D eigenvalue weighted by atomic mass is 32.2. The fourth-order valence-corrected chi connectivity index (χ4v) is 4.82. The summed E-state index contributed by atoms with van der Waals surface area (Å²) in [6.07, 6.45) is 1.30. The van der Waals surface area contributed by atoms with Gasteiger partial charge < -0.3 is 15.1 Å². The number of carbonyl (C=O) groups excluding carboxylic acids is 2. The van der Waals surface area contributed by atoms with Gasteiger partial charge in [-0.3, -0.25) is 9.59 Å². The van der Waals surface area contributed by atoms with Crippen LogP contribution in [0.25, 0.3) is 11.0 Å². The van der Waals surface area contributed by atoms with Gasteiger partial charge in [0.15, 0.2) is 0 Å². The molecular weight excluding hydrogens is 470 g/mol. The number of hydrogen-bond acceptors (Lipinski definition) is 6. The van der Waals surface area contributed by atoms with Crippen molar-refractivity contribution in [1.82, 2.24) is 10.0 Å². The molecule has 0 saturated heterocycles. The maximum absolute atomic E-state index is 13.1. The molecule has 2 aromatic carbocycles. The monoisotopic (exact) mass is 499 g/mol. The Balaban J connectivity index is 1.79. The molecule has 1 aromatic heterocycles. The first-order chi connectivity index (χ1) is 16.5. The molecule has 1 atom stereocenters. The van der Waals surface area contributed by atoms with Gasteiger partial charge in [-0.15, -0.1) is 0 Å². The highest BCUT2D eigenvalue weighted by molar-refractivity contribution is 7.89. The van der Waals surface area contributed by atoms with E-state index in [4.69, 9.17) is 4.42 Å². The Morgan fingerprint density at radius 1 is 1.00 bits per heavy atom. The Kier molecular flexibility index (Phi) is 8.42. The number of hydrogen-bond donors (Lipinski definition) is 3. The van der Waals surface area contributed by atoms with Gasteiger partial charge in [0, 0.05) is 36.7 Å². The summed E-state index contributed by atoms with van der Waals surface area (Å²) in [7, 11) is -3.96. The lowest BCUT2D eigenvalue weighted by atomic mass is 10.1. The summed E-state index contributed by atoms with van der Waals surface area (Å²) in [5.41, 5.74) is 1.85. The highest BCUT2D eigenvalue weighted by Crippen LogP contribution is 2.21. The van der Waals surface area contributed by atoms with Crippen molar-refractivity contribution in [1.29, 1.82) is 0 Å². The maximum atomic E-state index is 13.1. The van der Waals surface area contributed by atoms with Crippen molar-refractivity contribution < 1.29 is 22.4 Å². The molecule has 9 nitrogen and oxygen atoms in total. The molecule has 0 radical (unpaired) electrons. The minimum absolute atomic E-state index is 0.0575. The minimum atomic E-state index is -3.96. The molecule has 186 valence electrons. The third-order valence-corrected chi connectivity index (χ3v) is 6.95. The average Bonchev–Trinajstić information content (AvgIpc) is 2.77. The molecule has 1 heterocycles. The Hall–Kier alpha value is -3.50. The van der Waals surface area contributed by atoms with Crippen LogP contribution in [0.15, 0.2) is 62.6 Å². The molecule has 0 saturated carbocycles. The van der Waals surface area contributed by atoms with E-state index in [9.17, 15) is 22.8 Å². The van der Waals surface area contributed by atoms with Crippen molar-refractivity contribution in [3.8, 4) is 0 Å². The second-order valence-electron chi connectivity index (χ2n) is 8.41. The second-order valence-corrected chi connectivity index (χ2v) is 10.1. The first-order valence-corrected chi connectivity index (χ1v) is 12.7. The number of aryl methyl sites for hydroxylation is 2. The van der Waals surface area contributed by atoms with Gasteiger partial charge in [0.2, 0.25) is 21.8 Å². The zero-order valence-corrected chi connectivity index (χ0v) is 20.7. The number of nitrogens with one attached hydrogen (secondary N) is 3. The lowest BCUT2D eigenvalue weighted by Gasteiger charge is -2.19. The lowest BCUT2D eigenvalue weighted by Crippen LogP contribution is -2.43. The van der Waals surface area contributed by atoms with E-state index in [1.165, 1.54) is 31.2 Å². The first-order valence-electron chi connectivity index (χ1n) is 11.2. The Morgan fingerprint density at radius 3 is 2.40 bits per heavy atom. The van der Waals surface area contributed by atoms with E-state index < -0.39 is 27.6 Å². The van der Waals surface area contributed by atoms with Crippen molar-refractivity contribution >= 4 is 38.5 Å². The molecule has 0 spiro atoms. The number of benzene rings is 2. The van der Waals surface area contributed by atoms with Crippen LogP contribution in [-0.4, -0.2) is 32.8 Å².